The van der Waals surface area contributed by atoms with Crippen LogP contribution >= 0.6 is 23.1 Å². The van der Waals surface area contributed by atoms with E-state index in [2.05, 4.69) is 20.8 Å². The third-order valence-corrected chi connectivity index (χ3v) is 6.84. The van der Waals surface area contributed by atoms with Gasteiger partial charge in [-0.05, 0) is 55.1 Å². The van der Waals surface area contributed by atoms with Gasteiger partial charge in [0.2, 0.25) is 5.91 Å². The van der Waals surface area contributed by atoms with Gasteiger partial charge in [0.05, 0.1) is 10.6 Å². The zero-order chi connectivity index (χ0) is 23.4. The average molecular weight is 478 g/mol. The van der Waals surface area contributed by atoms with Crippen LogP contribution in [0, 0.1) is 13.8 Å². The Balaban J connectivity index is 1.38. The van der Waals surface area contributed by atoms with Crippen molar-refractivity contribution >= 4 is 46.3 Å². The van der Waals surface area contributed by atoms with Gasteiger partial charge in [-0.3, -0.25) is 9.59 Å². The predicted octanol–water partition coefficient (Wildman–Crippen LogP) is 5.14. The predicted molar refractivity (Wildman–Crippen MR) is 134 cm³/mol. The van der Waals surface area contributed by atoms with Gasteiger partial charge in [0, 0.05) is 24.0 Å². The first-order chi connectivity index (χ1) is 15.9. The summed E-state index contributed by atoms with van der Waals surface area (Å²) < 4.78 is 1.89. The number of nitrogens with zero attached hydrogens (tertiary/aromatic N) is 3. The van der Waals surface area contributed by atoms with Crippen molar-refractivity contribution in [2.45, 2.75) is 19.0 Å². The van der Waals surface area contributed by atoms with Crippen molar-refractivity contribution in [1.82, 2.24) is 14.8 Å². The Kier molecular flexibility index (Phi) is 6.90. The van der Waals surface area contributed by atoms with E-state index in [0.717, 1.165) is 21.8 Å². The molecule has 0 radical (unpaired) electrons. The summed E-state index contributed by atoms with van der Waals surface area (Å²) in [7, 11) is 1.89. The number of benzene rings is 2. The topological polar surface area (TPSA) is 88.9 Å². The number of thioether (sulfide) groups is 1. The van der Waals surface area contributed by atoms with E-state index in [1.54, 1.807) is 23.5 Å². The van der Waals surface area contributed by atoms with Gasteiger partial charge in [0.25, 0.3) is 5.91 Å². The SMILES string of the molecule is Cc1cccc(C(=O)Nc2ccc(C)c(NC(=O)CSc3nnc(-c4cccs4)n3C)c2)c1. The molecule has 0 aliphatic carbocycles. The fourth-order valence-electron chi connectivity index (χ4n) is 3.20. The molecule has 2 aromatic heterocycles. The van der Waals surface area contributed by atoms with Crippen LogP contribution < -0.4 is 10.6 Å². The minimum absolute atomic E-state index is 0.161. The van der Waals surface area contributed by atoms with Crippen LogP contribution in [0.15, 0.2) is 65.1 Å². The molecule has 0 fully saturated rings. The lowest BCUT2D eigenvalue weighted by molar-refractivity contribution is -0.113. The highest BCUT2D eigenvalue weighted by Gasteiger charge is 2.14. The summed E-state index contributed by atoms with van der Waals surface area (Å²) in [6.07, 6.45) is 0. The summed E-state index contributed by atoms with van der Waals surface area (Å²) in [5.74, 6) is 0.612. The molecule has 33 heavy (non-hydrogen) atoms. The van der Waals surface area contributed by atoms with E-state index < -0.39 is 0 Å². The van der Waals surface area contributed by atoms with E-state index in [0.29, 0.717) is 22.1 Å². The minimum atomic E-state index is -0.195. The summed E-state index contributed by atoms with van der Waals surface area (Å²) >= 11 is 2.92. The van der Waals surface area contributed by atoms with Gasteiger partial charge in [-0.2, -0.15) is 0 Å². The first-order valence-corrected chi connectivity index (χ1v) is 12.1. The van der Waals surface area contributed by atoms with Crippen molar-refractivity contribution < 1.29 is 9.59 Å². The second-order valence-electron chi connectivity index (χ2n) is 7.53. The molecular formula is C24H23N5O2S2. The zero-order valence-electron chi connectivity index (χ0n) is 18.5. The average Bonchev–Trinajstić information content (AvgIpc) is 3.44. The summed E-state index contributed by atoms with van der Waals surface area (Å²) in [4.78, 5) is 26.2. The van der Waals surface area contributed by atoms with Crippen LogP contribution in [0.25, 0.3) is 10.7 Å². The van der Waals surface area contributed by atoms with Gasteiger partial charge in [-0.25, -0.2) is 0 Å². The minimum Gasteiger partial charge on any atom is -0.325 e. The van der Waals surface area contributed by atoms with E-state index in [-0.39, 0.29) is 17.6 Å². The second-order valence-corrected chi connectivity index (χ2v) is 9.42. The third-order valence-electron chi connectivity index (χ3n) is 4.96. The highest BCUT2D eigenvalue weighted by molar-refractivity contribution is 7.99. The van der Waals surface area contributed by atoms with Crippen LogP contribution in [-0.2, 0) is 11.8 Å². The Morgan fingerprint density at radius 3 is 2.64 bits per heavy atom. The number of hydrogen-bond acceptors (Lipinski definition) is 6. The van der Waals surface area contributed by atoms with Crippen LogP contribution in [0.5, 0.6) is 0 Å². The van der Waals surface area contributed by atoms with Crippen LogP contribution in [0.4, 0.5) is 11.4 Å². The molecule has 4 aromatic rings. The van der Waals surface area contributed by atoms with Crippen molar-refractivity contribution in [3.8, 4) is 10.7 Å². The van der Waals surface area contributed by atoms with Gasteiger partial charge in [-0.15, -0.1) is 21.5 Å². The Hall–Kier alpha value is -3.43. The van der Waals surface area contributed by atoms with Crippen LogP contribution in [0.2, 0.25) is 0 Å². The molecule has 2 aromatic carbocycles. The molecule has 4 rings (SSSR count). The number of thiophene rings is 1. The molecule has 2 N–H and O–H groups in total. The van der Waals surface area contributed by atoms with Crippen molar-refractivity contribution in [1.29, 1.82) is 0 Å². The Labute approximate surface area is 200 Å². The van der Waals surface area contributed by atoms with Crippen molar-refractivity contribution in [2.24, 2.45) is 7.05 Å². The number of aromatic nitrogens is 3. The Morgan fingerprint density at radius 2 is 1.88 bits per heavy atom. The van der Waals surface area contributed by atoms with Gasteiger partial charge < -0.3 is 15.2 Å². The monoisotopic (exact) mass is 477 g/mol. The number of amides is 2. The molecule has 9 heteroatoms. The summed E-state index contributed by atoms with van der Waals surface area (Å²) in [5.41, 5.74) is 3.77. The Bertz CT molecular complexity index is 1300. The molecule has 0 saturated carbocycles. The van der Waals surface area contributed by atoms with Gasteiger partial charge >= 0.3 is 0 Å². The molecule has 7 nitrogen and oxygen atoms in total. The number of hydrogen-bond donors (Lipinski definition) is 2. The number of aryl methyl sites for hydroxylation is 2. The molecule has 0 aliphatic rings. The molecule has 0 spiro atoms. The maximum Gasteiger partial charge on any atom is 0.255 e. The lowest BCUT2D eigenvalue weighted by Gasteiger charge is -2.12. The smallest absolute Gasteiger partial charge is 0.255 e. The highest BCUT2D eigenvalue weighted by Crippen LogP contribution is 2.26. The summed E-state index contributed by atoms with van der Waals surface area (Å²) in [6.45, 7) is 3.85. The molecule has 0 bridgehead atoms. The number of rotatable bonds is 7. The highest BCUT2D eigenvalue weighted by atomic mass is 32.2. The van der Waals surface area contributed by atoms with Crippen molar-refractivity contribution in [3.05, 3.63) is 76.7 Å². The van der Waals surface area contributed by atoms with Gasteiger partial charge in [0.1, 0.15) is 0 Å². The molecule has 168 valence electrons. The van der Waals surface area contributed by atoms with Crippen LogP contribution in [0.1, 0.15) is 21.5 Å². The molecular weight excluding hydrogens is 454 g/mol. The maximum atomic E-state index is 12.6. The lowest BCUT2D eigenvalue weighted by Crippen LogP contribution is -2.16. The fourth-order valence-corrected chi connectivity index (χ4v) is 4.66. The molecule has 0 aliphatic heterocycles. The van der Waals surface area contributed by atoms with E-state index in [1.165, 1.54) is 11.8 Å². The Morgan fingerprint density at radius 1 is 1.03 bits per heavy atom. The first kappa shape index (κ1) is 22.8. The maximum absolute atomic E-state index is 12.6. The first-order valence-electron chi connectivity index (χ1n) is 10.3. The van der Waals surface area contributed by atoms with Crippen molar-refractivity contribution in [2.75, 3.05) is 16.4 Å². The number of anilines is 2. The van der Waals surface area contributed by atoms with E-state index >= 15 is 0 Å². The fraction of sp³-hybridized carbons (Fsp3) is 0.167. The molecule has 0 atom stereocenters. The van der Waals surface area contributed by atoms with Gasteiger partial charge in [0.15, 0.2) is 11.0 Å². The number of carbonyl (C=O) groups is 2. The van der Waals surface area contributed by atoms with Crippen LogP contribution in [0.3, 0.4) is 0 Å². The number of nitrogens with one attached hydrogen (secondary N) is 2. The normalized spacial score (nSPS) is 10.8. The molecule has 2 heterocycles. The third kappa shape index (κ3) is 5.50. The molecule has 2 amide bonds. The molecule has 0 unspecified atom stereocenters. The zero-order valence-corrected chi connectivity index (χ0v) is 20.1. The van der Waals surface area contributed by atoms with Gasteiger partial charge in [-0.1, -0.05) is 41.6 Å². The largest absolute Gasteiger partial charge is 0.325 e. The van der Waals surface area contributed by atoms with Crippen molar-refractivity contribution in [3.63, 3.8) is 0 Å². The quantitative estimate of drug-likeness (QED) is 0.360. The van der Waals surface area contributed by atoms with E-state index in [1.807, 2.05) is 73.3 Å². The van der Waals surface area contributed by atoms with E-state index in [9.17, 15) is 9.59 Å². The lowest BCUT2D eigenvalue weighted by atomic mass is 10.1. The molecule has 0 saturated heterocycles. The number of carbonyl (C=O) groups excluding carboxylic acids is 2. The summed E-state index contributed by atoms with van der Waals surface area (Å²) in [6, 6.07) is 16.8. The van der Waals surface area contributed by atoms with Crippen LogP contribution in [-0.4, -0.2) is 32.3 Å². The second kappa shape index (κ2) is 10.0. The standard InChI is InChI=1S/C24H23N5O2S2/c1-15-6-4-7-17(12-15)23(31)25-18-10-9-16(2)19(13-18)26-21(30)14-33-24-28-27-22(29(24)3)20-8-5-11-32-20/h4-13H,14H2,1-3H3,(H,25,31)(H,26,30). The van der Waals surface area contributed by atoms with E-state index in [4.69, 9.17) is 0 Å². The summed E-state index contributed by atoms with van der Waals surface area (Å²) in [5, 5.41) is 16.9.